The van der Waals surface area contributed by atoms with Crippen molar-refractivity contribution in [1.29, 1.82) is 0 Å². The maximum absolute atomic E-state index is 13.2. The lowest BCUT2D eigenvalue weighted by Crippen LogP contribution is -2.15. The predicted molar refractivity (Wildman–Crippen MR) is 156 cm³/mol. The van der Waals surface area contributed by atoms with Gasteiger partial charge in [0.15, 0.2) is 0 Å². The van der Waals surface area contributed by atoms with Crippen LogP contribution in [0.2, 0.25) is 5.02 Å². The number of carbonyl (C=O) groups is 1. The zero-order chi connectivity index (χ0) is 27.0. The molecule has 0 spiro atoms. The summed E-state index contributed by atoms with van der Waals surface area (Å²) in [5.74, 6) is 1.33. The van der Waals surface area contributed by atoms with Gasteiger partial charge in [-0.15, -0.1) is 0 Å². The second kappa shape index (κ2) is 10.2. The number of amides is 1. The molecule has 2 aromatic carbocycles. The molecule has 3 heterocycles. The number of anilines is 2. The van der Waals surface area contributed by atoms with E-state index in [0.29, 0.717) is 50.3 Å². The Morgan fingerprint density at radius 3 is 2.45 bits per heavy atom. The Kier molecular flexibility index (Phi) is 6.98. The van der Waals surface area contributed by atoms with Crippen molar-refractivity contribution in [2.75, 3.05) is 22.6 Å². The van der Waals surface area contributed by atoms with Crippen LogP contribution in [-0.2, 0) is 21.6 Å². The molecular weight excluding hydrogens is 520 g/mol. The predicted octanol–water partition coefficient (Wildman–Crippen LogP) is 6.34. The summed E-state index contributed by atoms with van der Waals surface area (Å²) in [6, 6.07) is 13.1. The Morgan fingerprint density at radius 2 is 1.79 bits per heavy atom. The van der Waals surface area contributed by atoms with Crippen molar-refractivity contribution in [1.82, 2.24) is 14.5 Å². The number of hydrogen-bond acceptors (Lipinski definition) is 6. The summed E-state index contributed by atoms with van der Waals surface area (Å²) >= 11 is 6.72. The number of carbonyl (C=O) groups excluding carboxylic acids is 1. The van der Waals surface area contributed by atoms with E-state index < -0.39 is 9.73 Å². The highest BCUT2D eigenvalue weighted by Crippen LogP contribution is 2.43. The summed E-state index contributed by atoms with van der Waals surface area (Å²) in [5, 5.41) is 3.96. The van der Waals surface area contributed by atoms with E-state index in [9.17, 15) is 9.00 Å². The number of nitrogens with zero attached hydrogens (tertiary/aromatic N) is 4. The summed E-state index contributed by atoms with van der Waals surface area (Å²) in [5.41, 5.74) is 12.1. The SMILES string of the molecule is C=C(C)C(=O)Nc1ccc(-c2c(-c3ccc(N=S4(=O)CCCCC4)c(Cl)c3)c3c(N)ncnc3n2C)cc1. The number of fused-ring (bicyclic) bond motifs is 1. The van der Waals surface area contributed by atoms with E-state index in [1.807, 2.05) is 54.1 Å². The molecule has 4 aromatic rings. The maximum atomic E-state index is 13.2. The van der Waals surface area contributed by atoms with E-state index in [1.54, 1.807) is 6.92 Å². The van der Waals surface area contributed by atoms with Gasteiger partial charge in [0.1, 0.15) is 17.8 Å². The quantitative estimate of drug-likeness (QED) is 0.282. The van der Waals surface area contributed by atoms with Crippen LogP contribution in [0.5, 0.6) is 0 Å². The van der Waals surface area contributed by atoms with Crippen molar-refractivity contribution >= 4 is 55.5 Å². The van der Waals surface area contributed by atoms with Gasteiger partial charge in [-0.1, -0.05) is 42.8 Å². The van der Waals surface area contributed by atoms with Gasteiger partial charge in [0, 0.05) is 35.4 Å². The van der Waals surface area contributed by atoms with Crippen molar-refractivity contribution in [3.8, 4) is 22.4 Å². The molecule has 8 nitrogen and oxygen atoms in total. The highest BCUT2D eigenvalue weighted by Gasteiger charge is 2.23. The van der Waals surface area contributed by atoms with Gasteiger partial charge >= 0.3 is 0 Å². The standard InChI is InChI=1S/C28H29ClN6O2S/c1-17(2)28(36)33-20-10-7-18(8-11-20)25-23(24-26(30)31-16-32-27(24)35(25)3)19-9-12-22(21(29)15-19)34-38(37)13-5-4-6-14-38/h7-12,15-16H,1,4-6,13-14H2,2-3H3,(H,33,36)(H2,30,31,32). The number of halogens is 1. The maximum Gasteiger partial charge on any atom is 0.250 e. The van der Waals surface area contributed by atoms with Crippen molar-refractivity contribution in [2.24, 2.45) is 11.4 Å². The number of aryl methyl sites for hydroxylation is 1. The molecule has 38 heavy (non-hydrogen) atoms. The van der Waals surface area contributed by atoms with Crippen LogP contribution in [0, 0.1) is 0 Å². The van der Waals surface area contributed by atoms with E-state index in [4.69, 9.17) is 17.3 Å². The number of aromatic nitrogens is 3. The molecular formula is C28H29ClN6O2S. The number of nitrogens with two attached hydrogens (primary N) is 1. The fourth-order valence-electron chi connectivity index (χ4n) is 4.78. The van der Waals surface area contributed by atoms with Crippen molar-refractivity contribution in [2.45, 2.75) is 26.2 Å². The van der Waals surface area contributed by atoms with E-state index >= 15 is 0 Å². The first-order chi connectivity index (χ1) is 18.2. The monoisotopic (exact) mass is 548 g/mol. The molecule has 196 valence electrons. The third kappa shape index (κ3) is 4.91. The Labute approximate surface area is 227 Å². The Morgan fingerprint density at radius 1 is 1.11 bits per heavy atom. The molecule has 5 rings (SSSR count). The van der Waals surface area contributed by atoms with E-state index in [1.165, 1.54) is 6.33 Å². The number of hydrogen-bond donors (Lipinski definition) is 2. The summed E-state index contributed by atoms with van der Waals surface area (Å²) < 4.78 is 19.7. The topological polar surface area (TPSA) is 115 Å². The second-order valence-corrected chi connectivity index (χ2v) is 12.5. The van der Waals surface area contributed by atoms with Gasteiger partial charge in [-0.3, -0.25) is 4.79 Å². The number of nitrogens with one attached hydrogen (secondary N) is 1. The number of rotatable bonds is 5. The third-order valence-corrected chi connectivity index (χ3v) is 9.41. The first-order valence-electron chi connectivity index (χ1n) is 12.4. The fraction of sp³-hybridized carbons (Fsp3) is 0.250. The highest BCUT2D eigenvalue weighted by molar-refractivity contribution is 7.93. The van der Waals surface area contributed by atoms with Gasteiger partial charge in [-0.25, -0.2) is 14.2 Å². The first-order valence-corrected chi connectivity index (χ1v) is 14.6. The van der Waals surface area contributed by atoms with Crippen LogP contribution in [-0.4, -0.2) is 36.2 Å². The highest BCUT2D eigenvalue weighted by atomic mass is 35.5. The smallest absolute Gasteiger partial charge is 0.250 e. The van der Waals surface area contributed by atoms with Gasteiger partial charge < -0.3 is 15.6 Å². The average molecular weight is 549 g/mol. The molecule has 0 bridgehead atoms. The molecule has 0 radical (unpaired) electrons. The molecule has 0 aliphatic carbocycles. The Hall–Kier alpha value is -3.69. The van der Waals surface area contributed by atoms with Gasteiger partial charge in [-0.2, -0.15) is 4.36 Å². The first kappa shape index (κ1) is 25.9. The van der Waals surface area contributed by atoms with Crippen molar-refractivity contribution < 1.29 is 9.00 Å². The van der Waals surface area contributed by atoms with Gasteiger partial charge in [0.2, 0.25) is 0 Å². The molecule has 1 amide bonds. The fourth-order valence-corrected chi connectivity index (χ4v) is 7.27. The Balaban J connectivity index is 1.64. The lowest BCUT2D eigenvalue weighted by Gasteiger charge is -2.16. The van der Waals surface area contributed by atoms with Crippen LogP contribution in [0.25, 0.3) is 33.4 Å². The number of nitrogen functional groups attached to an aromatic ring is 1. The van der Waals surface area contributed by atoms with Crippen LogP contribution in [0.4, 0.5) is 17.2 Å². The van der Waals surface area contributed by atoms with Crippen LogP contribution < -0.4 is 11.1 Å². The van der Waals surface area contributed by atoms with Crippen molar-refractivity contribution in [3.05, 3.63) is 66.0 Å². The minimum atomic E-state index is -2.29. The molecule has 1 fully saturated rings. The lowest BCUT2D eigenvalue weighted by molar-refractivity contribution is -0.112. The molecule has 0 saturated carbocycles. The largest absolute Gasteiger partial charge is 0.383 e. The van der Waals surface area contributed by atoms with E-state index in [2.05, 4.69) is 26.2 Å². The van der Waals surface area contributed by atoms with Gasteiger partial charge in [0.25, 0.3) is 5.91 Å². The van der Waals surface area contributed by atoms with Crippen LogP contribution >= 0.6 is 11.6 Å². The Bertz CT molecular complexity index is 1690. The molecule has 1 aliphatic heterocycles. The molecule has 0 atom stereocenters. The van der Waals surface area contributed by atoms with E-state index in [0.717, 1.165) is 41.6 Å². The van der Waals surface area contributed by atoms with Crippen molar-refractivity contribution in [3.63, 3.8) is 0 Å². The average Bonchev–Trinajstić information content (AvgIpc) is 3.19. The van der Waals surface area contributed by atoms with Gasteiger partial charge in [-0.05, 0) is 55.2 Å². The molecule has 10 heteroatoms. The third-order valence-electron chi connectivity index (χ3n) is 6.73. The molecule has 1 aliphatic rings. The molecule has 0 unspecified atom stereocenters. The minimum absolute atomic E-state index is 0.235. The molecule has 1 saturated heterocycles. The second-order valence-electron chi connectivity index (χ2n) is 9.55. The zero-order valence-corrected chi connectivity index (χ0v) is 22.9. The number of benzene rings is 2. The summed E-state index contributed by atoms with van der Waals surface area (Å²) in [6.07, 6.45) is 4.38. The summed E-state index contributed by atoms with van der Waals surface area (Å²) in [7, 11) is -0.369. The van der Waals surface area contributed by atoms with Gasteiger partial charge in [0.05, 0.1) is 31.5 Å². The van der Waals surface area contributed by atoms with Crippen LogP contribution in [0.15, 0.2) is 65.3 Å². The normalized spacial score (nSPS) is 14.8. The lowest BCUT2D eigenvalue weighted by atomic mass is 9.98. The van der Waals surface area contributed by atoms with Crippen LogP contribution in [0.3, 0.4) is 0 Å². The minimum Gasteiger partial charge on any atom is -0.383 e. The van der Waals surface area contributed by atoms with Crippen LogP contribution in [0.1, 0.15) is 26.2 Å². The summed E-state index contributed by atoms with van der Waals surface area (Å²) in [4.78, 5) is 20.8. The molecule has 3 N–H and O–H groups in total. The summed E-state index contributed by atoms with van der Waals surface area (Å²) in [6.45, 7) is 5.34. The van der Waals surface area contributed by atoms with E-state index in [-0.39, 0.29) is 5.91 Å². The zero-order valence-electron chi connectivity index (χ0n) is 21.3. The molecule has 2 aromatic heterocycles.